The first kappa shape index (κ1) is 9.04. The number of hydrogen-bond acceptors (Lipinski definition) is 1. The third-order valence-electron chi connectivity index (χ3n) is 2.66. The molecule has 1 aromatic rings. The molecule has 0 bridgehead atoms. The van der Waals surface area contributed by atoms with Gasteiger partial charge in [0.25, 0.3) is 0 Å². The van der Waals surface area contributed by atoms with Crippen molar-refractivity contribution < 1.29 is 0 Å². The second kappa shape index (κ2) is 3.69. The summed E-state index contributed by atoms with van der Waals surface area (Å²) in [5, 5.41) is 4.34. The minimum Gasteiger partial charge on any atom is -0.316 e. The quantitative estimate of drug-likeness (QED) is 0.671. The van der Waals surface area contributed by atoms with Gasteiger partial charge in [-0.25, -0.2) is 0 Å². The van der Waals surface area contributed by atoms with E-state index in [1.165, 1.54) is 11.1 Å². The summed E-state index contributed by atoms with van der Waals surface area (Å²) in [5.74, 6) is 0.534. The molecule has 13 heavy (non-hydrogen) atoms. The van der Waals surface area contributed by atoms with E-state index in [2.05, 4.69) is 18.3 Å². The fourth-order valence-corrected chi connectivity index (χ4v) is 2.38. The molecule has 1 N–H and O–H groups in total. The fraction of sp³-hybridized carbons (Fsp3) is 0.455. The van der Waals surface area contributed by atoms with E-state index in [4.69, 9.17) is 11.6 Å². The van der Waals surface area contributed by atoms with Crippen LogP contribution in [0.1, 0.15) is 24.0 Å². The van der Waals surface area contributed by atoms with Crippen molar-refractivity contribution >= 4 is 11.6 Å². The lowest BCUT2D eigenvalue weighted by Crippen LogP contribution is -2.18. The van der Waals surface area contributed by atoms with Crippen molar-refractivity contribution in [3.8, 4) is 0 Å². The second-order valence-corrected chi connectivity index (χ2v) is 4.08. The summed E-state index contributed by atoms with van der Waals surface area (Å²) < 4.78 is 0. The van der Waals surface area contributed by atoms with Crippen molar-refractivity contribution in [1.29, 1.82) is 0 Å². The summed E-state index contributed by atoms with van der Waals surface area (Å²) in [5.41, 5.74) is 2.75. The van der Waals surface area contributed by atoms with Gasteiger partial charge in [0.1, 0.15) is 0 Å². The van der Waals surface area contributed by atoms with Gasteiger partial charge in [-0.3, -0.25) is 0 Å². The molecule has 0 amide bonds. The van der Waals surface area contributed by atoms with Crippen molar-refractivity contribution in [2.75, 3.05) is 13.1 Å². The number of benzene rings is 1. The highest BCUT2D eigenvalue weighted by molar-refractivity contribution is 6.31. The fourth-order valence-electron chi connectivity index (χ4n) is 2.00. The molecule has 1 aromatic carbocycles. The number of fused-ring (bicyclic) bond motifs is 1. The molecule has 1 nitrogen and oxygen atoms in total. The van der Waals surface area contributed by atoms with Gasteiger partial charge in [-0.1, -0.05) is 30.7 Å². The third kappa shape index (κ3) is 1.72. The first-order valence-electron chi connectivity index (χ1n) is 4.77. The van der Waals surface area contributed by atoms with Crippen LogP contribution in [0, 0.1) is 0 Å². The summed E-state index contributed by atoms with van der Waals surface area (Å²) in [6.07, 6.45) is 1.10. The van der Waals surface area contributed by atoms with E-state index in [9.17, 15) is 0 Å². The molecule has 0 saturated carbocycles. The summed E-state index contributed by atoms with van der Waals surface area (Å²) in [6, 6.07) is 6.21. The maximum Gasteiger partial charge on any atom is 0.0443 e. The van der Waals surface area contributed by atoms with Gasteiger partial charge >= 0.3 is 0 Å². The summed E-state index contributed by atoms with van der Waals surface area (Å²) in [4.78, 5) is 0. The first-order valence-corrected chi connectivity index (χ1v) is 5.15. The van der Waals surface area contributed by atoms with Gasteiger partial charge in [-0.2, -0.15) is 0 Å². The first-order chi connectivity index (χ1) is 6.29. The van der Waals surface area contributed by atoms with E-state index in [0.717, 1.165) is 24.5 Å². The molecule has 1 heterocycles. The van der Waals surface area contributed by atoms with E-state index in [0.29, 0.717) is 5.92 Å². The molecule has 0 aromatic heterocycles. The van der Waals surface area contributed by atoms with Crippen molar-refractivity contribution in [1.82, 2.24) is 5.32 Å². The predicted molar refractivity (Wildman–Crippen MR) is 56.4 cm³/mol. The van der Waals surface area contributed by atoms with Crippen LogP contribution in [-0.4, -0.2) is 13.1 Å². The second-order valence-electron chi connectivity index (χ2n) is 3.67. The van der Waals surface area contributed by atoms with Gasteiger partial charge < -0.3 is 5.32 Å². The zero-order chi connectivity index (χ0) is 9.26. The van der Waals surface area contributed by atoms with Crippen LogP contribution < -0.4 is 5.32 Å². The summed E-state index contributed by atoms with van der Waals surface area (Å²) in [7, 11) is 0. The Bertz CT molecular complexity index is 309. The molecule has 0 saturated heterocycles. The lowest BCUT2D eigenvalue weighted by Gasteiger charge is -2.13. The van der Waals surface area contributed by atoms with Crippen LogP contribution in [0.5, 0.6) is 0 Å². The lowest BCUT2D eigenvalue weighted by atomic mass is 9.95. The van der Waals surface area contributed by atoms with Crippen molar-refractivity contribution in [3.63, 3.8) is 0 Å². The Hall–Kier alpha value is -0.530. The van der Waals surface area contributed by atoms with Crippen LogP contribution >= 0.6 is 11.6 Å². The highest BCUT2D eigenvalue weighted by Gasteiger charge is 2.16. The number of hydrogen-bond donors (Lipinski definition) is 1. The van der Waals surface area contributed by atoms with Crippen LogP contribution in [0.4, 0.5) is 0 Å². The van der Waals surface area contributed by atoms with Gasteiger partial charge in [0.05, 0.1) is 0 Å². The molecule has 0 radical (unpaired) electrons. The number of halogens is 1. The predicted octanol–water partition coefficient (Wildman–Crippen LogP) is 2.59. The van der Waals surface area contributed by atoms with Crippen molar-refractivity contribution in [3.05, 3.63) is 34.3 Å². The molecule has 1 aliphatic heterocycles. The minimum absolute atomic E-state index is 0.534. The van der Waals surface area contributed by atoms with E-state index < -0.39 is 0 Å². The molecule has 2 rings (SSSR count). The van der Waals surface area contributed by atoms with Gasteiger partial charge in [0, 0.05) is 11.6 Å². The van der Waals surface area contributed by atoms with Gasteiger partial charge in [0.2, 0.25) is 0 Å². The monoisotopic (exact) mass is 195 g/mol. The number of nitrogens with one attached hydrogen (secondary N) is 1. The summed E-state index contributed by atoms with van der Waals surface area (Å²) >= 11 is 6.18. The molecule has 0 aliphatic carbocycles. The van der Waals surface area contributed by atoms with Gasteiger partial charge in [-0.15, -0.1) is 0 Å². The van der Waals surface area contributed by atoms with Crippen LogP contribution in [-0.2, 0) is 6.42 Å². The topological polar surface area (TPSA) is 12.0 Å². The van der Waals surface area contributed by atoms with E-state index >= 15 is 0 Å². The molecule has 2 heteroatoms. The van der Waals surface area contributed by atoms with Crippen molar-refractivity contribution in [2.45, 2.75) is 19.3 Å². The Kier molecular flexibility index (Phi) is 2.56. The Morgan fingerprint density at radius 1 is 1.46 bits per heavy atom. The van der Waals surface area contributed by atoms with Gasteiger partial charge in [-0.05, 0) is 36.1 Å². The lowest BCUT2D eigenvalue weighted by molar-refractivity contribution is 0.644. The zero-order valence-corrected chi connectivity index (χ0v) is 8.56. The highest BCUT2D eigenvalue weighted by atomic mass is 35.5. The van der Waals surface area contributed by atoms with Gasteiger partial charge in [0.15, 0.2) is 0 Å². The Morgan fingerprint density at radius 3 is 3.15 bits per heavy atom. The smallest absolute Gasteiger partial charge is 0.0443 e. The molecule has 70 valence electrons. The third-order valence-corrected chi connectivity index (χ3v) is 2.99. The number of rotatable bonds is 0. The maximum atomic E-state index is 6.18. The van der Waals surface area contributed by atoms with Crippen LogP contribution in [0.15, 0.2) is 18.2 Å². The Labute approximate surface area is 84.1 Å². The van der Waals surface area contributed by atoms with E-state index in [-0.39, 0.29) is 0 Å². The molecule has 0 spiro atoms. The highest BCUT2D eigenvalue weighted by Crippen LogP contribution is 2.29. The van der Waals surface area contributed by atoms with Crippen LogP contribution in [0.3, 0.4) is 0 Å². The van der Waals surface area contributed by atoms with Crippen molar-refractivity contribution in [2.24, 2.45) is 0 Å². The van der Waals surface area contributed by atoms with E-state index in [1.54, 1.807) is 0 Å². The molecular formula is C11H14ClN. The average Bonchev–Trinajstić information content (AvgIpc) is 2.29. The molecule has 1 aliphatic rings. The van der Waals surface area contributed by atoms with Crippen LogP contribution in [0.2, 0.25) is 5.02 Å². The summed E-state index contributed by atoms with van der Waals surface area (Å²) in [6.45, 7) is 4.33. The molecule has 1 atom stereocenters. The normalized spacial score (nSPS) is 22.2. The maximum absolute atomic E-state index is 6.18. The minimum atomic E-state index is 0.534. The Morgan fingerprint density at radius 2 is 2.31 bits per heavy atom. The zero-order valence-electron chi connectivity index (χ0n) is 7.81. The average molecular weight is 196 g/mol. The Balaban J connectivity index is 2.48. The molecular weight excluding hydrogens is 182 g/mol. The largest absolute Gasteiger partial charge is 0.316 e. The molecule has 0 unspecified atom stereocenters. The SMILES string of the molecule is C[C@H]1CNCCc2cccc(Cl)c21. The molecule has 0 fully saturated rings. The van der Waals surface area contributed by atoms with Crippen LogP contribution in [0.25, 0.3) is 0 Å². The van der Waals surface area contributed by atoms with E-state index in [1.807, 2.05) is 12.1 Å². The standard InChI is InChI=1S/C11H14ClN/c1-8-7-13-6-5-9-3-2-4-10(12)11(8)9/h2-4,8,13H,5-7H2,1H3/t8-/m0/s1.